The summed E-state index contributed by atoms with van der Waals surface area (Å²) in [5.41, 5.74) is 0.0869. The van der Waals surface area contributed by atoms with Crippen molar-refractivity contribution in [2.75, 3.05) is 34.4 Å². The highest BCUT2D eigenvalue weighted by molar-refractivity contribution is 7.89. The topological polar surface area (TPSA) is 102 Å². The largest absolute Gasteiger partial charge is 0.493 e. The van der Waals surface area contributed by atoms with Crippen molar-refractivity contribution in [3.05, 3.63) is 30.4 Å². The summed E-state index contributed by atoms with van der Waals surface area (Å²) in [6.07, 6.45) is 3.48. The van der Waals surface area contributed by atoms with Crippen LogP contribution in [-0.4, -0.2) is 64.6 Å². The lowest BCUT2D eigenvalue weighted by Gasteiger charge is -2.32. The van der Waals surface area contributed by atoms with Crippen LogP contribution in [0.3, 0.4) is 0 Å². The molecule has 1 aromatic rings. The number of carbonyl (C=O) groups excluding carboxylic acids is 1. The summed E-state index contributed by atoms with van der Waals surface area (Å²) < 4.78 is 34.0. The minimum Gasteiger partial charge on any atom is -0.493 e. The fourth-order valence-corrected chi connectivity index (χ4v) is 3.77. The molecule has 2 rings (SSSR count). The third-order valence-corrected chi connectivity index (χ3v) is 5.36. The molecule has 0 aliphatic carbocycles. The maximum absolute atomic E-state index is 13.1. The molecule has 2 N–H and O–H groups in total. The molecule has 0 bridgehead atoms. The average Bonchev–Trinajstić information content (AvgIpc) is 3.06. The van der Waals surface area contributed by atoms with Gasteiger partial charge >= 0.3 is 0 Å². The first kappa shape index (κ1) is 20.2. The Bertz CT molecular complexity index is 794. The van der Waals surface area contributed by atoms with Crippen molar-refractivity contribution in [1.29, 1.82) is 0 Å². The lowest BCUT2D eigenvalue weighted by molar-refractivity contribution is 0.0555. The van der Waals surface area contributed by atoms with E-state index in [4.69, 9.17) is 14.6 Å². The van der Waals surface area contributed by atoms with Crippen LogP contribution in [0.25, 0.3) is 0 Å². The molecule has 1 heterocycles. The van der Waals surface area contributed by atoms with Gasteiger partial charge < -0.3 is 14.4 Å². The van der Waals surface area contributed by atoms with E-state index in [1.807, 2.05) is 0 Å². The Labute approximate surface area is 154 Å². The van der Waals surface area contributed by atoms with Crippen molar-refractivity contribution in [2.45, 2.75) is 23.9 Å². The summed E-state index contributed by atoms with van der Waals surface area (Å²) in [6.45, 7) is 5.28. The monoisotopic (exact) mass is 383 g/mol. The molecule has 9 heteroatoms. The van der Waals surface area contributed by atoms with Gasteiger partial charge in [0.1, 0.15) is 0 Å². The molecular weight excluding hydrogens is 358 g/mol. The van der Waals surface area contributed by atoms with Crippen molar-refractivity contribution >= 4 is 15.9 Å². The second-order valence-corrected chi connectivity index (χ2v) is 7.64. The maximum Gasteiger partial charge on any atom is 0.258 e. The molecule has 1 aliphatic rings. The van der Waals surface area contributed by atoms with Crippen LogP contribution in [0.4, 0.5) is 0 Å². The molecule has 1 atom stereocenters. The van der Waals surface area contributed by atoms with Gasteiger partial charge in [-0.25, -0.2) is 13.6 Å². The molecule has 0 spiro atoms. The Balaban J connectivity index is 2.48. The SMILES string of the molecule is C=CCN1CCC[C@H]1N(C)C(=O)c1cc(S(N)(=O)=O)cc(OC)c1OC. The van der Waals surface area contributed by atoms with Crippen molar-refractivity contribution in [3.63, 3.8) is 0 Å². The molecular formula is C17H25N3O5S. The standard InChI is InChI=1S/C17H25N3O5S/c1-5-8-20-9-6-7-15(20)19(2)17(21)13-10-12(26(18,22)23)11-14(24-3)16(13)25-4/h5,10-11,15H,1,6-9H2,2-4H3,(H2,18,22,23)/t15-/m0/s1. The predicted octanol–water partition coefficient (Wildman–Crippen LogP) is 1.03. The Morgan fingerprint density at radius 2 is 2.12 bits per heavy atom. The Morgan fingerprint density at radius 3 is 2.65 bits per heavy atom. The number of nitrogens with two attached hydrogens (primary N) is 1. The van der Waals surface area contributed by atoms with E-state index in [1.54, 1.807) is 18.0 Å². The lowest BCUT2D eigenvalue weighted by Crippen LogP contribution is -2.45. The second-order valence-electron chi connectivity index (χ2n) is 6.07. The number of benzene rings is 1. The summed E-state index contributed by atoms with van der Waals surface area (Å²) >= 11 is 0. The molecule has 0 aromatic heterocycles. The third-order valence-electron chi connectivity index (χ3n) is 4.47. The highest BCUT2D eigenvalue weighted by atomic mass is 32.2. The van der Waals surface area contributed by atoms with Gasteiger partial charge in [0.2, 0.25) is 10.0 Å². The van der Waals surface area contributed by atoms with Crippen LogP contribution in [0.15, 0.2) is 29.7 Å². The Kier molecular flexibility index (Phi) is 6.27. The first-order chi connectivity index (χ1) is 12.2. The van der Waals surface area contributed by atoms with Gasteiger partial charge in [-0.1, -0.05) is 6.08 Å². The molecule has 1 saturated heterocycles. The van der Waals surface area contributed by atoms with Crippen LogP contribution in [0.1, 0.15) is 23.2 Å². The summed E-state index contributed by atoms with van der Waals surface area (Å²) in [4.78, 5) is 16.6. The predicted molar refractivity (Wildman–Crippen MR) is 97.8 cm³/mol. The van der Waals surface area contributed by atoms with Gasteiger partial charge in [0.05, 0.1) is 30.8 Å². The number of methoxy groups -OCH3 is 2. The zero-order valence-corrected chi connectivity index (χ0v) is 16.1. The van der Waals surface area contributed by atoms with Gasteiger partial charge in [0.25, 0.3) is 5.91 Å². The van der Waals surface area contributed by atoms with Crippen molar-refractivity contribution in [1.82, 2.24) is 9.80 Å². The molecule has 1 aromatic carbocycles. The Hall–Kier alpha value is -2.10. The quantitative estimate of drug-likeness (QED) is 0.706. The molecule has 8 nitrogen and oxygen atoms in total. The van der Waals surface area contributed by atoms with E-state index in [0.717, 1.165) is 19.4 Å². The number of carbonyl (C=O) groups is 1. The molecule has 1 amide bonds. The first-order valence-corrected chi connectivity index (χ1v) is 9.70. The number of sulfonamides is 1. The van der Waals surface area contributed by atoms with Gasteiger partial charge in [-0.2, -0.15) is 0 Å². The summed E-state index contributed by atoms with van der Waals surface area (Å²) in [7, 11) is 0.434. The zero-order valence-electron chi connectivity index (χ0n) is 15.3. The average molecular weight is 383 g/mol. The van der Waals surface area contributed by atoms with Crippen LogP contribution in [0, 0.1) is 0 Å². The van der Waals surface area contributed by atoms with E-state index >= 15 is 0 Å². The molecule has 144 valence electrons. The van der Waals surface area contributed by atoms with Crippen molar-refractivity contribution in [3.8, 4) is 11.5 Å². The number of amides is 1. The lowest BCUT2D eigenvalue weighted by atomic mass is 10.1. The second kappa shape index (κ2) is 8.07. The maximum atomic E-state index is 13.1. The number of primary sulfonamides is 1. The van der Waals surface area contributed by atoms with E-state index in [-0.39, 0.29) is 34.0 Å². The summed E-state index contributed by atoms with van der Waals surface area (Å²) in [5.74, 6) is -0.0678. The smallest absolute Gasteiger partial charge is 0.258 e. The number of rotatable bonds is 7. The highest BCUT2D eigenvalue weighted by Gasteiger charge is 2.32. The fourth-order valence-electron chi connectivity index (χ4n) is 3.21. The van der Waals surface area contributed by atoms with Crippen molar-refractivity contribution < 1.29 is 22.7 Å². The first-order valence-electron chi connectivity index (χ1n) is 8.15. The van der Waals surface area contributed by atoms with Crippen LogP contribution in [-0.2, 0) is 10.0 Å². The van der Waals surface area contributed by atoms with Crippen LogP contribution < -0.4 is 14.6 Å². The van der Waals surface area contributed by atoms with Gasteiger partial charge in [0, 0.05) is 26.2 Å². The van der Waals surface area contributed by atoms with Crippen LogP contribution in [0.5, 0.6) is 11.5 Å². The highest BCUT2D eigenvalue weighted by Crippen LogP contribution is 2.35. The number of nitrogens with zero attached hydrogens (tertiary/aromatic N) is 2. The zero-order chi connectivity index (χ0) is 19.5. The molecule has 26 heavy (non-hydrogen) atoms. The molecule has 1 fully saturated rings. The van der Waals surface area contributed by atoms with E-state index in [2.05, 4.69) is 11.5 Å². The molecule has 0 unspecified atom stereocenters. The van der Waals surface area contributed by atoms with E-state index in [9.17, 15) is 13.2 Å². The van der Waals surface area contributed by atoms with Gasteiger partial charge in [-0.05, 0) is 18.9 Å². The number of hydrogen-bond acceptors (Lipinski definition) is 6. The van der Waals surface area contributed by atoms with E-state index in [0.29, 0.717) is 6.54 Å². The van der Waals surface area contributed by atoms with Crippen LogP contribution >= 0.6 is 0 Å². The molecule has 0 radical (unpaired) electrons. The minimum atomic E-state index is -4.01. The summed E-state index contributed by atoms with van der Waals surface area (Å²) in [6, 6.07) is 2.47. The summed E-state index contributed by atoms with van der Waals surface area (Å²) in [5, 5.41) is 5.23. The molecule has 1 aliphatic heterocycles. The Morgan fingerprint density at radius 1 is 1.42 bits per heavy atom. The fraction of sp³-hybridized carbons (Fsp3) is 0.471. The minimum absolute atomic E-state index is 0.0869. The van der Waals surface area contributed by atoms with Gasteiger partial charge in [-0.15, -0.1) is 6.58 Å². The normalized spacial score (nSPS) is 17.8. The van der Waals surface area contributed by atoms with E-state index in [1.165, 1.54) is 26.4 Å². The number of ether oxygens (including phenoxy) is 2. The van der Waals surface area contributed by atoms with Crippen LogP contribution in [0.2, 0.25) is 0 Å². The molecule has 0 saturated carbocycles. The number of hydrogen-bond donors (Lipinski definition) is 1. The third kappa shape index (κ3) is 4.00. The van der Waals surface area contributed by atoms with E-state index < -0.39 is 10.0 Å². The van der Waals surface area contributed by atoms with Crippen molar-refractivity contribution in [2.24, 2.45) is 5.14 Å². The van der Waals surface area contributed by atoms with Gasteiger partial charge in [0.15, 0.2) is 11.5 Å². The number of likely N-dealkylation sites (tertiary alicyclic amines) is 1. The van der Waals surface area contributed by atoms with Gasteiger partial charge in [-0.3, -0.25) is 9.69 Å².